The van der Waals surface area contributed by atoms with Crippen molar-refractivity contribution in [3.8, 4) is 6.07 Å². The standard InChI is InChI=1S/C7H10N2O2S/c1-2-12(10,11)7-6(3-4-8)5-9-7/h3,7,9H,2,5H2,1H3. The first-order valence-corrected chi connectivity index (χ1v) is 5.37. The molecule has 1 saturated heterocycles. The Morgan fingerprint density at radius 2 is 2.50 bits per heavy atom. The van der Waals surface area contributed by atoms with Crippen molar-refractivity contribution >= 4 is 9.84 Å². The number of sulfone groups is 1. The van der Waals surface area contributed by atoms with Crippen LogP contribution in [0, 0.1) is 11.3 Å². The van der Waals surface area contributed by atoms with Crippen molar-refractivity contribution in [1.82, 2.24) is 5.32 Å². The van der Waals surface area contributed by atoms with Crippen LogP contribution < -0.4 is 5.32 Å². The topological polar surface area (TPSA) is 70.0 Å². The number of nitriles is 1. The summed E-state index contributed by atoms with van der Waals surface area (Å²) in [4.78, 5) is 0. The summed E-state index contributed by atoms with van der Waals surface area (Å²) in [6, 6.07) is 1.83. The maximum atomic E-state index is 11.3. The Hall–Kier alpha value is -0.860. The van der Waals surface area contributed by atoms with Crippen molar-refractivity contribution in [2.24, 2.45) is 0 Å². The highest BCUT2D eigenvalue weighted by molar-refractivity contribution is 7.92. The molecule has 1 heterocycles. The van der Waals surface area contributed by atoms with Crippen molar-refractivity contribution in [1.29, 1.82) is 5.26 Å². The van der Waals surface area contributed by atoms with Gasteiger partial charge in [-0.05, 0) is 5.57 Å². The number of rotatable bonds is 2. The highest BCUT2D eigenvalue weighted by Crippen LogP contribution is 2.17. The van der Waals surface area contributed by atoms with E-state index in [1.54, 1.807) is 6.92 Å². The van der Waals surface area contributed by atoms with Crippen LogP contribution in [0.2, 0.25) is 0 Å². The van der Waals surface area contributed by atoms with E-state index in [1.807, 2.05) is 6.07 Å². The summed E-state index contributed by atoms with van der Waals surface area (Å²) in [6.07, 6.45) is 1.30. The van der Waals surface area contributed by atoms with Gasteiger partial charge in [0.15, 0.2) is 9.84 Å². The van der Waals surface area contributed by atoms with Crippen molar-refractivity contribution < 1.29 is 8.42 Å². The van der Waals surface area contributed by atoms with Gasteiger partial charge in [-0.15, -0.1) is 0 Å². The number of hydrogen-bond donors (Lipinski definition) is 1. The second-order valence-corrected chi connectivity index (χ2v) is 4.94. The zero-order valence-corrected chi connectivity index (χ0v) is 7.56. The molecule has 0 aromatic rings. The van der Waals surface area contributed by atoms with Gasteiger partial charge in [0.05, 0.1) is 6.07 Å². The lowest BCUT2D eigenvalue weighted by molar-refractivity contribution is 0.537. The van der Waals surface area contributed by atoms with Gasteiger partial charge >= 0.3 is 0 Å². The molecule has 1 unspecified atom stereocenters. The summed E-state index contributed by atoms with van der Waals surface area (Å²) in [5.41, 5.74) is 0.666. The number of nitrogens with one attached hydrogen (secondary N) is 1. The Morgan fingerprint density at radius 3 is 2.83 bits per heavy atom. The molecule has 0 aromatic heterocycles. The van der Waals surface area contributed by atoms with Crippen molar-refractivity contribution in [3.05, 3.63) is 11.6 Å². The molecule has 0 saturated carbocycles. The molecule has 1 rings (SSSR count). The van der Waals surface area contributed by atoms with Crippen LogP contribution in [0.4, 0.5) is 0 Å². The average molecular weight is 186 g/mol. The molecular formula is C7H10N2O2S. The van der Waals surface area contributed by atoms with Gasteiger partial charge in [0.25, 0.3) is 0 Å². The Balaban J connectivity index is 2.82. The van der Waals surface area contributed by atoms with Crippen molar-refractivity contribution in [2.75, 3.05) is 12.3 Å². The second-order valence-electron chi connectivity index (χ2n) is 2.56. The maximum Gasteiger partial charge on any atom is 0.169 e. The lowest BCUT2D eigenvalue weighted by Gasteiger charge is -2.30. The molecular weight excluding hydrogens is 176 g/mol. The zero-order valence-electron chi connectivity index (χ0n) is 6.74. The quantitative estimate of drug-likeness (QED) is 0.606. The van der Waals surface area contributed by atoms with E-state index in [9.17, 15) is 8.42 Å². The van der Waals surface area contributed by atoms with Crippen LogP contribution >= 0.6 is 0 Å². The van der Waals surface area contributed by atoms with E-state index >= 15 is 0 Å². The molecule has 4 nitrogen and oxygen atoms in total. The van der Waals surface area contributed by atoms with E-state index in [-0.39, 0.29) is 5.75 Å². The highest BCUT2D eigenvalue weighted by atomic mass is 32.2. The summed E-state index contributed by atoms with van der Waals surface area (Å²) < 4.78 is 22.5. The fourth-order valence-electron chi connectivity index (χ4n) is 1.04. The Labute approximate surface area is 71.8 Å². The molecule has 66 valence electrons. The number of hydrogen-bond acceptors (Lipinski definition) is 4. The molecule has 0 spiro atoms. The average Bonchev–Trinajstić information content (AvgIpc) is 1.97. The molecule has 1 aliphatic heterocycles. The second kappa shape index (κ2) is 3.25. The minimum absolute atomic E-state index is 0.105. The van der Waals surface area contributed by atoms with E-state index in [0.717, 1.165) is 0 Å². The first-order valence-electron chi connectivity index (χ1n) is 3.65. The van der Waals surface area contributed by atoms with Gasteiger partial charge < -0.3 is 0 Å². The van der Waals surface area contributed by atoms with Gasteiger partial charge in [0.2, 0.25) is 0 Å². The Bertz CT molecular complexity index is 337. The van der Waals surface area contributed by atoms with Crippen LogP contribution in [-0.2, 0) is 9.84 Å². The highest BCUT2D eigenvalue weighted by Gasteiger charge is 2.33. The van der Waals surface area contributed by atoms with Crippen LogP contribution in [0.3, 0.4) is 0 Å². The van der Waals surface area contributed by atoms with Crippen LogP contribution in [0.5, 0.6) is 0 Å². The Kier molecular flexibility index (Phi) is 2.50. The third-order valence-corrected chi connectivity index (χ3v) is 3.83. The fraction of sp³-hybridized carbons (Fsp3) is 0.571. The summed E-state index contributed by atoms with van der Waals surface area (Å²) in [7, 11) is -3.06. The van der Waals surface area contributed by atoms with Gasteiger partial charge in [0.1, 0.15) is 5.37 Å². The largest absolute Gasteiger partial charge is 0.294 e. The van der Waals surface area contributed by atoms with E-state index in [0.29, 0.717) is 12.1 Å². The summed E-state index contributed by atoms with van der Waals surface area (Å²) >= 11 is 0. The molecule has 0 amide bonds. The normalized spacial score (nSPS) is 26.3. The number of allylic oxidation sites excluding steroid dienone is 1. The molecule has 0 aliphatic carbocycles. The monoisotopic (exact) mass is 186 g/mol. The van der Waals surface area contributed by atoms with E-state index in [1.165, 1.54) is 6.08 Å². The molecule has 5 heteroatoms. The maximum absolute atomic E-state index is 11.3. The smallest absolute Gasteiger partial charge is 0.169 e. The van der Waals surface area contributed by atoms with Crippen LogP contribution in [0.25, 0.3) is 0 Å². The number of nitrogens with zero attached hydrogens (tertiary/aromatic N) is 1. The van der Waals surface area contributed by atoms with Gasteiger partial charge in [-0.25, -0.2) is 8.42 Å². The molecule has 1 aliphatic rings. The summed E-state index contributed by atoms with van der Waals surface area (Å²) in [6.45, 7) is 2.11. The third kappa shape index (κ3) is 1.49. The lowest BCUT2D eigenvalue weighted by Crippen LogP contribution is -2.51. The predicted octanol–water partition coefficient (Wildman–Crippen LogP) is -0.200. The molecule has 1 N–H and O–H groups in total. The van der Waals surface area contributed by atoms with Crippen molar-refractivity contribution in [2.45, 2.75) is 12.3 Å². The van der Waals surface area contributed by atoms with Crippen molar-refractivity contribution in [3.63, 3.8) is 0 Å². The summed E-state index contributed by atoms with van der Waals surface area (Å²) in [5.74, 6) is 0.105. The van der Waals surface area contributed by atoms with Crippen LogP contribution in [-0.4, -0.2) is 26.1 Å². The first kappa shape index (κ1) is 9.23. The van der Waals surface area contributed by atoms with E-state index in [2.05, 4.69) is 5.32 Å². The first-order chi connectivity index (χ1) is 5.61. The minimum Gasteiger partial charge on any atom is -0.294 e. The van der Waals surface area contributed by atoms with Gasteiger partial charge in [0, 0.05) is 18.4 Å². The fourth-order valence-corrected chi connectivity index (χ4v) is 2.32. The SMILES string of the molecule is CCS(=O)(=O)C1NCC1=CC#N. The lowest BCUT2D eigenvalue weighted by atomic mass is 10.1. The predicted molar refractivity (Wildman–Crippen MR) is 44.9 cm³/mol. The van der Waals surface area contributed by atoms with Gasteiger partial charge in [-0.3, -0.25) is 5.32 Å². The molecule has 1 atom stereocenters. The molecule has 0 radical (unpaired) electrons. The molecule has 12 heavy (non-hydrogen) atoms. The van der Waals surface area contributed by atoms with Gasteiger partial charge in [-0.2, -0.15) is 5.26 Å². The Morgan fingerprint density at radius 1 is 1.83 bits per heavy atom. The zero-order chi connectivity index (χ0) is 9.19. The molecule has 0 aromatic carbocycles. The third-order valence-electron chi connectivity index (χ3n) is 1.84. The summed E-state index contributed by atoms with van der Waals surface area (Å²) in [5, 5.41) is 10.5. The minimum atomic E-state index is -3.06. The molecule has 0 bridgehead atoms. The van der Waals surface area contributed by atoms with Gasteiger partial charge in [-0.1, -0.05) is 6.92 Å². The van der Waals surface area contributed by atoms with E-state index < -0.39 is 15.2 Å². The van der Waals surface area contributed by atoms with Crippen LogP contribution in [0.15, 0.2) is 11.6 Å². The molecule has 1 fully saturated rings. The van der Waals surface area contributed by atoms with E-state index in [4.69, 9.17) is 5.26 Å². The van der Waals surface area contributed by atoms with Crippen LogP contribution in [0.1, 0.15) is 6.92 Å².